The molecule has 0 heterocycles. The van der Waals surface area contributed by atoms with Gasteiger partial charge in [-0.2, -0.15) is 25.8 Å². The highest BCUT2D eigenvalue weighted by Crippen LogP contribution is 2.42. The summed E-state index contributed by atoms with van der Waals surface area (Å²) in [4.78, 5) is 10.3. The van der Waals surface area contributed by atoms with Gasteiger partial charge in [0.25, 0.3) is 5.69 Å². The second-order valence-corrected chi connectivity index (χ2v) is 5.71. The molecule has 0 aromatic heterocycles. The number of nitrogens with zero attached hydrogens (tertiary/aromatic N) is 1. The van der Waals surface area contributed by atoms with Crippen molar-refractivity contribution in [2.75, 3.05) is 0 Å². The lowest BCUT2D eigenvalue weighted by molar-refractivity contribution is -0.385. The zero-order valence-corrected chi connectivity index (χ0v) is 14.0. The molecule has 128 valence electrons. The first-order chi connectivity index (χ1) is 11.1. The van der Waals surface area contributed by atoms with Gasteiger partial charge in [-0.3, -0.25) is 10.1 Å². The molecule has 10 heteroatoms. The Morgan fingerprint density at radius 3 is 2.21 bits per heavy atom. The van der Waals surface area contributed by atoms with Gasteiger partial charge in [0.2, 0.25) is 0 Å². The van der Waals surface area contributed by atoms with Crippen molar-refractivity contribution in [3.8, 4) is 11.5 Å². The van der Waals surface area contributed by atoms with Gasteiger partial charge in [0, 0.05) is 17.4 Å². The lowest BCUT2D eigenvalue weighted by Crippen LogP contribution is -2.05. The van der Waals surface area contributed by atoms with Crippen molar-refractivity contribution in [3.63, 3.8) is 0 Å². The summed E-state index contributed by atoms with van der Waals surface area (Å²) in [5.74, 6) is 0.0284. The lowest BCUT2D eigenvalue weighted by atomic mass is 10.2. The molecule has 0 aliphatic rings. The highest BCUT2D eigenvalue weighted by Gasteiger charge is 2.32. The zero-order chi connectivity index (χ0) is 18.1. The predicted molar refractivity (Wildman–Crippen MR) is 87.3 cm³/mol. The van der Waals surface area contributed by atoms with Crippen LogP contribution in [0.1, 0.15) is 11.1 Å². The van der Waals surface area contributed by atoms with E-state index < -0.39 is 16.7 Å². The van der Waals surface area contributed by atoms with E-state index in [4.69, 9.17) is 27.9 Å². The van der Waals surface area contributed by atoms with Crippen molar-refractivity contribution in [1.29, 1.82) is 0 Å². The maximum absolute atomic E-state index is 12.7. The number of hydrogen-bond donors (Lipinski definition) is 1. The van der Waals surface area contributed by atoms with Gasteiger partial charge >= 0.3 is 6.18 Å². The van der Waals surface area contributed by atoms with Crippen molar-refractivity contribution >= 4 is 41.5 Å². The van der Waals surface area contributed by atoms with Gasteiger partial charge < -0.3 is 4.74 Å². The minimum atomic E-state index is -4.60. The van der Waals surface area contributed by atoms with Crippen molar-refractivity contribution in [2.45, 2.75) is 11.9 Å². The summed E-state index contributed by atoms with van der Waals surface area (Å²) in [5, 5.41) is 10.2. The molecule has 0 aliphatic carbocycles. The third-order valence-electron chi connectivity index (χ3n) is 2.96. The summed E-state index contributed by atoms with van der Waals surface area (Å²) in [6, 6.07) is 5.21. The molecular weight excluding hydrogens is 390 g/mol. The number of thiol groups is 1. The van der Waals surface area contributed by atoms with Gasteiger partial charge in [-0.15, -0.1) is 0 Å². The van der Waals surface area contributed by atoms with E-state index in [1.54, 1.807) is 0 Å². The number of ether oxygens (including phenoxy) is 1. The van der Waals surface area contributed by atoms with Crippen LogP contribution in [-0.4, -0.2) is 4.92 Å². The van der Waals surface area contributed by atoms with Crippen LogP contribution >= 0.6 is 35.8 Å². The molecule has 0 aliphatic heterocycles. The van der Waals surface area contributed by atoms with Crippen LogP contribution in [0.2, 0.25) is 10.0 Å². The molecule has 2 aromatic carbocycles. The third-order valence-corrected chi connectivity index (χ3v) is 3.87. The van der Waals surface area contributed by atoms with Gasteiger partial charge in [-0.05, 0) is 24.3 Å². The van der Waals surface area contributed by atoms with Gasteiger partial charge in [0.1, 0.15) is 5.75 Å². The summed E-state index contributed by atoms with van der Waals surface area (Å²) in [6.45, 7) is 0. The zero-order valence-electron chi connectivity index (χ0n) is 11.6. The SMILES string of the molecule is O=[N+]([O-])c1ccc(Oc2c(Cl)cc(C(F)(F)F)cc2Cl)cc1CS. The number of alkyl halides is 3. The molecule has 0 N–H and O–H groups in total. The molecule has 0 saturated carbocycles. The van der Waals surface area contributed by atoms with Crippen LogP contribution in [0.5, 0.6) is 11.5 Å². The maximum Gasteiger partial charge on any atom is 0.416 e. The molecule has 2 aromatic rings. The number of hydrogen-bond acceptors (Lipinski definition) is 4. The minimum absolute atomic E-state index is 0.0714. The Morgan fingerprint density at radius 1 is 1.17 bits per heavy atom. The van der Waals surface area contributed by atoms with Crippen molar-refractivity contribution < 1.29 is 22.8 Å². The van der Waals surface area contributed by atoms with E-state index >= 15 is 0 Å². The fourth-order valence-corrected chi connectivity index (χ4v) is 2.69. The largest absolute Gasteiger partial charge is 0.454 e. The van der Waals surface area contributed by atoms with E-state index in [0.717, 1.165) is 0 Å². The molecule has 24 heavy (non-hydrogen) atoms. The topological polar surface area (TPSA) is 52.4 Å². The van der Waals surface area contributed by atoms with Crippen LogP contribution in [0.4, 0.5) is 18.9 Å². The fourth-order valence-electron chi connectivity index (χ4n) is 1.87. The van der Waals surface area contributed by atoms with Crippen LogP contribution < -0.4 is 4.74 Å². The van der Waals surface area contributed by atoms with E-state index in [2.05, 4.69) is 12.6 Å². The average Bonchev–Trinajstić information content (AvgIpc) is 2.49. The Hall–Kier alpha value is -1.64. The van der Waals surface area contributed by atoms with Crippen LogP contribution in [0.15, 0.2) is 30.3 Å². The molecule has 0 saturated heterocycles. The second-order valence-electron chi connectivity index (χ2n) is 4.57. The molecule has 0 fully saturated rings. The first-order valence-corrected chi connectivity index (χ1v) is 7.64. The van der Waals surface area contributed by atoms with Gasteiger partial charge in [0.15, 0.2) is 5.75 Å². The van der Waals surface area contributed by atoms with E-state index in [0.29, 0.717) is 12.1 Å². The van der Waals surface area contributed by atoms with E-state index in [-0.39, 0.29) is 38.5 Å². The van der Waals surface area contributed by atoms with Crippen molar-refractivity contribution in [2.24, 2.45) is 0 Å². The normalized spacial score (nSPS) is 11.4. The Bertz CT molecular complexity index is 776. The van der Waals surface area contributed by atoms with Crippen LogP contribution in [0.3, 0.4) is 0 Å². The molecule has 0 atom stereocenters. The maximum atomic E-state index is 12.7. The van der Waals surface area contributed by atoms with Gasteiger partial charge in [-0.25, -0.2) is 0 Å². The molecule has 4 nitrogen and oxygen atoms in total. The number of nitro benzene ring substituents is 1. The van der Waals surface area contributed by atoms with Gasteiger partial charge in [0.05, 0.1) is 20.5 Å². The fraction of sp³-hybridized carbons (Fsp3) is 0.143. The highest BCUT2D eigenvalue weighted by atomic mass is 35.5. The third kappa shape index (κ3) is 4.06. The standard InChI is InChI=1S/C14H8Cl2F3NO3S/c15-10-4-8(14(17,18)19)5-11(16)13(10)23-9-1-2-12(20(21)22)7(3-9)6-24/h1-5,24H,6H2. The van der Waals surface area contributed by atoms with Crippen molar-refractivity contribution in [1.82, 2.24) is 0 Å². The highest BCUT2D eigenvalue weighted by molar-refractivity contribution is 7.79. The first kappa shape index (κ1) is 18.7. The van der Waals surface area contributed by atoms with E-state index in [1.165, 1.54) is 18.2 Å². The van der Waals surface area contributed by atoms with Gasteiger partial charge in [-0.1, -0.05) is 23.2 Å². The Morgan fingerprint density at radius 2 is 1.75 bits per heavy atom. The summed E-state index contributed by atoms with van der Waals surface area (Å²) in [7, 11) is 0. The molecule has 0 bridgehead atoms. The summed E-state index contributed by atoms with van der Waals surface area (Å²) >= 11 is 15.6. The average molecular weight is 398 g/mol. The molecule has 0 radical (unpaired) electrons. The number of halogens is 5. The summed E-state index contributed by atoms with van der Waals surface area (Å²) in [5.41, 5.74) is -0.883. The summed E-state index contributed by atoms with van der Waals surface area (Å²) in [6.07, 6.45) is -4.60. The predicted octanol–water partition coefficient (Wildman–Crippen LogP) is 6.14. The molecule has 0 amide bonds. The Kier molecular flexibility index (Phi) is 5.52. The van der Waals surface area contributed by atoms with Crippen LogP contribution in [-0.2, 0) is 11.9 Å². The van der Waals surface area contributed by atoms with E-state index in [9.17, 15) is 23.3 Å². The summed E-state index contributed by atoms with van der Waals surface area (Å²) < 4.78 is 43.5. The molecule has 0 spiro atoms. The molecular formula is C14H8Cl2F3NO3S. The number of benzene rings is 2. The second kappa shape index (κ2) is 7.08. The molecule has 2 rings (SSSR count). The Labute approximate surface area is 149 Å². The van der Waals surface area contributed by atoms with Crippen LogP contribution in [0.25, 0.3) is 0 Å². The van der Waals surface area contributed by atoms with Crippen molar-refractivity contribution in [3.05, 3.63) is 61.6 Å². The first-order valence-electron chi connectivity index (χ1n) is 6.25. The number of nitro groups is 1. The van der Waals surface area contributed by atoms with E-state index in [1.807, 2.05) is 0 Å². The quantitative estimate of drug-likeness (QED) is 0.382. The minimum Gasteiger partial charge on any atom is -0.454 e. The lowest BCUT2D eigenvalue weighted by Gasteiger charge is -2.13. The smallest absolute Gasteiger partial charge is 0.416 e. The van der Waals surface area contributed by atoms with Crippen LogP contribution in [0, 0.1) is 10.1 Å². The monoisotopic (exact) mass is 397 g/mol. The number of rotatable bonds is 4. The molecule has 0 unspecified atom stereocenters. The Balaban J connectivity index is 2.40.